The Kier molecular flexibility index (Phi) is 1.95. The number of ether oxygens (including phenoxy) is 1. The van der Waals surface area contributed by atoms with Crippen LogP contribution in [0.3, 0.4) is 0 Å². The lowest BCUT2D eigenvalue weighted by molar-refractivity contribution is 0.253. The average molecular weight is 192 g/mol. The Labute approximate surface area is 84.5 Å². The number of fused-ring (bicyclic) bond motifs is 1. The minimum absolute atomic E-state index is 0.239. The molecule has 0 saturated carbocycles. The molecule has 1 aromatic carbocycles. The Balaban J connectivity index is 2.70. The summed E-state index contributed by atoms with van der Waals surface area (Å²) in [6, 6.07) is 0. The summed E-state index contributed by atoms with van der Waals surface area (Å²) in [6.45, 7) is 7.96. The normalized spacial score (nSPS) is 19.3. The van der Waals surface area contributed by atoms with Crippen LogP contribution in [0.1, 0.15) is 29.2 Å². The summed E-state index contributed by atoms with van der Waals surface area (Å²) in [7, 11) is 0. The van der Waals surface area contributed by atoms with Gasteiger partial charge in [0.25, 0.3) is 0 Å². The minimum Gasteiger partial charge on any atom is -0.507 e. The molecule has 2 heteroatoms. The van der Waals surface area contributed by atoms with Crippen LogP contribution in [0.4, 0.5) is 0 Å². The largest absolute Gasteiger partial charge is 0.507 e. The van der Waals surface area contributed by atoms with Crippen LogP contribution in [0.25, 0.3) is 0 Å². The van der Waals surface area contributed by atoms with Gasteiger partial charge >= 0.3 is 0 Å². The number of benzene rings is 1. The Morgan fingerprint density at radius 1 is 1.14 bits per heavy atom. The van der Waals surface area contributed by atoms with Gasteiger partial charge in [0.15, 0.2) is 0 Å². The van der Waals surface area contributed by atoms with Gasteiger partial charge in [0, 0.05) is 12.0 Å². The number of hydrogen-bond acceptors (Lipinski definition) is 2. The van der Waals surface area contributed by atoms with E-state index in [1.165, 1.54) is 5.56 Å². The number of rotatable bonds is 0. The predicted molar refractivity (Wildman–Crippen MR) is 56.1 cm³/mol. The fraction of sp³-hybridized carbons (Fsp3) is 0.500. The molecule has 0 fully saturated rings. The Morgan fingerprint density at radius 2 is 1.79 bits per heavy atom. The second-order valence-electron chi connectivity index (χ2n) is 4.16. The van der Waals surface area contributed by atoms with Crippen molar-refractivity contribution in [1.29, 1.82) is 0 Å². The topological polar surface area (TPSA) is 29.5 Å². The molecule has 0 radical (unpaired) electrons. The number of aromatic hydroxyl groups is 1. The molecule has 0 spiro atoms. The summed E-state index contributed by atoms with van der Waals surface area (Å²) in [5.41, 5.74) is 4.17. The van der Waals surface area contributed by atoms with Crippen molar-refractivity contribution in [2.75, 3.05) is 0 Å². The first kappa shape index (κ1) is 9.38. The molecule has 14 heavy (non-hydrogen) atoms. The number of hydrogen-bond donors (Lipinski definition) is 1. The monoisotopic (exact) mass is 192 g/mol. The highest BCUT2D eigenvalue weighted by Crippen LogP contribution is 2.41. The van der Waals surface area contributed by atoms with E-state index in [-0.39, 0.29) is 6.10 Å². The lowest BCUT2D eigenvalue weighted by atomic mass is 9.96. The quantitative estimate of drug-likeness (QED) is 0.684. The van der Waals surface area contributed by atoms with E-state index in [0.29, 0.717) is 5.75 Å². The number of phenols is 1. The molecule has 0 amide bonds. The van der Waals surface area contributed by atoms with E-state index in [4.69, 9.17) is 4.74 Å². The third-order valence-corrected chi connectivity index (χ3v) is 3.15. The van der Waals surface area contributed by atoms with Gasteiger partial charge in [0.1, 0.15) is 17.6 Å². The van der Waals surface area contributed by atoms with Crippen molar-refractivity contribution >= 4 is 0 Å². The van der Waals surface area contributed by atoms with Crippen LogP contribution in [0.5, 0.6) is 11.5 Å². The zero-order valence-corrected chi connectivity index (χ0v) is 9.14. The van der Waals surface area contributed by atoms with E-state index in [0.717, 1.165) is 28.9 Å². The molecule has 1 aliphatic heterocycles. The van der Waals surface area contributed by atoms with E-state index < -0.39 is 0 Å². The summed E-state index contributed by atoms with van der Waals surface area (Å²) in [5.74, 6) is 1.42. The molecule has 0 bridgehead atoms. The zero-order chi connectivity index (χ0) is 10.5. The highest BCUT2D eigenvalue weighted by atomic mass is 16.5. The summed E-state index contributed by atoms with van der Waals surface area (Å²) in [4.78, 5) is 0. The van der Waals surface area contributed by atoms with Gasteiger partial charge in [-0.2, -0.15) is 0 Å². The molecule has 0 aromatic heterocycles. The van der Waals surface area contributed by atoms with Gasteiger partial charge < -0.3 is 9.84 Å². The highest BCUT2D eigenvalue weighted by molar-refractivity contribution is 5.58. The lowest BCUT2D eigenvalue weighted by Gasteiger charge is -2.12. The SMILES string of the molecule is Cc1c(C)c2c(c(C)c1O)CC(C)O2. The molecule has 1 aliphatic rings. The molecule has 1 heterocycles. The Hall–Kier alpha value is -1.18. The van der Waals surface area contributed by atoms with Crippen molar-refractivity contribution < 1.29 is 9.84 Å². The molecular weight excluding hydrogens is 176 g/mol. The molecule has 1 N–H and O–H groups in total. The fourth-order valence-electron chi connectivity index (χ4n) is 2.10. The summed E-state index contributed by atoms with van der Waals surface area (Å²) in [5, 5.41) is 9.88. The maximum atomic E-state index is 9.88. The minimum atomic E-state index is 0.239. The maximum absolute atomic E-state index is 9.88. The van der Waals surface area contributed by atoms with Gasteiger partial charge in [0.2, 0.25) is 0 Å². The predicted octanol–water partition coefficient (Wildman–Crippen LogP) is 2.64. The Bertz CT molecular complexity index is 357. The van der Waals surface area contributed by atoms with Crippen LogP contribution >= 0.6 is 0 Å². The fourth-order valence-corrected chi connectivity index (χ4v) is 2.10. The molecule has 0 aliphatic carbocycles. The first-order valence-electron chi connectivity index (χ1n) is 5.00. The van der Waals surface area contributed by atoms with E-state index in [1.54, 1.807) is 0 Å². The smallest absolute Gasteiger partial charge is 0.126 e. The molecule has 2 rings (SSSR count). The Morgan fingerprint density at radius 3 is 2.43 bits per heavy atom. The van der Waals surface area contributed by atoms with Crippen molar-refractivity contribution in [1.82, 2.24) is 0 Å². The van der Waals surface area contributed by atoms with Crippen molar-refractivity contribution in [2.24, 2.45) is 0 Å². The lowest BCUT2D eigenvalue weighted by Crippen LogP contribution is -2.05. The van der Waals surface area contributed by atoms with E-state index in [2.05, 4.69) is 6.92 Å². The first-order valence-corrected chi connectivity index (χ1v) is 5.00. The van der Waals surface area contributed by atoms with Crippen molar-refractivity contribution in [3.63, 3.8) is 0 Å². The zero-order valence-electron chi connectivity index (χ0n) is 9.14. The van der Waals surface area contributed by atoms with Crippen molar-refractivity contribution in [3.05, 3.63) is 22.3 Å². The van der Waals surface area contributed by atoms with Crippen LogP contribution in [-0.2, 0) is 6.42 Å². The van der Waals surface area contributed by atoms with E-state index in [1.807, 2.05) is 20.8 Å². The van der Waals surface area contributed by atoms with E-state index in [9.17, 15) is 5.11 Å². The standard InChI is InChI=1S/C12H16O2/c1-6-5-10-9(4)11(13)7(2)8(3)12(10)14-6/h6,13H,5H2,1-4H3. The van der Waals surface area contributed by atoms with Crippen LogP contribution in [0.2, 0.25) is 0 Å². The van der Waals surface area contributed by atoms with Gasteiger partial charge in [-0.3, -0.25) is 0 Å². The van der Waals surface area contributed by atoms with Gasteiger partial charge in [-0.25, -0.2) is 0 Å². The van der Waals surface area contributed by atoms with Crippen LogP contribution in [0, 0.1) is 20.8 Å². The van der Waals surface area contributed by atoms with E-state index >= 15 is 0 Å². The third-order valence-electron chi connectivity index (χ3n) is 3.15. The number of phenolic OH excluding ortho intramolecular Hbond substituents is 1. The van der Waals surface area contributed by atoms with Gasteiger partial charge in [0.05, 0.1) is 0 Å². The summed E-state index contributed by atoms with van der Waals surface area (Å²) in [6.07, 6.45) is 1.15. The van der Waals surface area contributed by atoms with Crippen molar-refractivity contribution in [2.45, 2.75) is 40.2 Å². The van der Waals surface area contributed by atoms with Gasteiger partial charge in [-0.1, -0.05) is 0 Å². The summed E-state index contributed by atoms with van der Waals surface area (Å²) >= 11 is 0. The molecule has 0 saturated heterocycles. The average Bonchev–Trinajstić information content (AvgIpc) is 2.54. The molecule has 1 aromatic rings. The summed E-state index contributed by atoms with van der Waals surface area (Å²) < 4.78 is 5.74. The van der Waals surface area contributed by atoms with Crippen LogP contribution in [-0.4, -0.2) is 11.2 Å². The highest BCUT2D eigenvalue weighted by Gasteiger charge is 2.26. The van der Waals surface area contributed by atoms with Crippen molar-refractivity contribution in [3.8, 4) is 11.5 Å². The maximum Gasteiger partial charge on any atom is 0.126 e. The first-order chi connectivity index (χ1) is 6.52. The molecule has 1 unspecified atom stereocenters. The van der Waals surface area contributed by atoms with Gasteiger partial charge in [-0.05, 0) is 44.4 Å². The van der Waals surface area contributed by atoms with Gasteiger partial charge in [-0.15, -0.1) is 0 Å². The third kappa shape index (κ3) is 1.10. The van der Waals surface area contributed by atoms with Crippen LogP contribution < -0.4 is 4.74 Å². The second-order valence-corrected chi connectivity index (χ2v) is 4.16. The molecular formula is C12H16O2. The molecule has 1 atom stereocenters. The van der Waals surface area contributed by atoms with Crippen LogP contribution in [0.15, 0.2) is 0 Å². The second kappa shape index (κ2) is 2.91. The molecule has 76 valence electrons. The molecule has 2 nitrogen and oxygen atoms in total.